The first kappa shape index (κ1) is 20.1. The van der Waals surface area contributed by atoms with Gasteiger partial charge in [-0.25, -0.2) is 4.79 Å². The molecule has 1 N–H and O–H groups in total. The van der Waals surface area contributed by atoms with Gasteiger partial charge in [-0.2, -0.15) is 14.0 Å². The third-order valence-electron chi connectivity index (χ3n) is 3.37. The van der Waals surface area contributed by atoms with Crippen LogP contribution in [-0.2, 0) is 9.53 Å². The molecule has 0 spiro atoms. The second kappa shape index (κ2) is 9.50. The van der Waals surface area contributed by atoms with Crippen LogP contribution in [0.1, 0.15) is 15.9 Å². The number of ether oxygens (including phenoxy) is 1. The number of anilines is 1. The number of hydrogen-bond donors (Lipinski definition) is 1. The van der Waals surface area contributed by atoms with E-state index in [-0.39, 0.29) is 11.1 Å². The molecule has 0 heterocycles. The van der Waals surface area contributed by atoms with Crippen LogP contribution in [0.3, 0.4) is 0 Å². The van der Waals surface area contributed by atoms with E-state index in [2.05, 4.69) is 10.1 Å². The van der Waals surface area contributed by atoms with Gasteiger partial charge in [-0.1, -0.05) is 30.0 Å². The number of amides is 1. The normalized spacial score (nSPS) is 11.0. The summed E-state index contributed by atoms with van der Waals surface area (Å²) in [7, 11) is 1.23. The maximum Gasteiger partial charge on any atom is 0.338 e. The van der Waals surface area contributed by atoms with Crippen LogP contribution in [0.5, 0.6) is 0 Å². The summed E-state index contributed by atoms with van der Waals surface area (Å²) >= 11 is 0.391. The maximum absolute atomic E-state index is 12.3. The zero-order valence-electron chi connectivity index (χ0n) is 14.1. The Morgan fingerprint density at radius 3 is 2.44 bits per heavy atom. The van der Waals surface area contributed by atoms with E-state index in [1.807, 2.05) is 0 Å². The van der Waals surface area contributed by atoms with E-state index in [1.54, 1.807) is 24.3 Å². The number of methoxy groups -OCH3 is 1. The predicted molar refractivity (Wildman–Crippen MR) is 98.3 cm³/mol. The second-order valence-corrected chi connectivity index (χ2v) is 6.17. The number of carbonyl (C=O) groups is 2. The van der Waals surface area contributed by atoms with Crippen LogP contribution in [0.2, 0.25) is 0 Å². The number of halogens is 2. The molecule has 0 aromatic heterocycles. The molecule has 2 aromatic rings. The van der Waals surface area contributed by atoms with Crippen LogP contribution >= 0.6 is 11.8 Å². The van der Waals surface area contributed by atoms with Gasteiger partial charge in [-0.05, 0) is 42.0 Å². The molecule has 8 heteroatoms. The van der Waals surface area contributed by atoms with E-state index in [4.69, 9.17) is 0 Å². The Bertz CT molecular complexity index is 906. The van der Waals surface area contributed by atoms with Crippen molar-refractivity contribution in [3.63, 3.8) is 0 Å². The first-order valence-electron chi connectivity index (χ1n) is 7.60. The third-order valence-corrected chi connectivity index (χ3v) is 4.09. The van der Waals surface area contributed by atoms with Gasteiger partial charge in [0.25, 0.3) is 11.7 Å². The number of nitrogens with zero attached hydrogens (tertiary/aromatic N) is 1. The van der Waals surface area contributed by atoms with Gasteiger partial charge in [-0.3, -0.25) is 4.79 Å². The van der Waals surface area contributed by atoms with E-state index in [1.165, 1.54) is 43.5 Å². The molecule has 0 saturated carbocycles. The highest BCUT2D eigenvalue weighted by atomic mass is 32.2. The van der Waals surface area contributed by atoms with E-state index < -0.39 is 17.6 Å². The van der Waals surface area contributed by atoms with Crippen LogP contribution < -0.4 is 5.32 Å². The lowest BCUT2D eigenvalue weighted by Crippen LogP contribution is -2.13. The van der Waals surface area contributed by atoms with E-state index in [9.17, 15) is 23.6 Å². The highest BCUT2D eigenvalue weighted by Crippen LogP contribution is 2.26. The fourth-order valence-corrected chi connectivity index (χ4v) is 2.64. The molecule has 0 unspecified atom stereocenters. The topological polar surface area (TPSA) is 79.2 Å². The van der Waals surface area contributed by atoms with Gasteiger partial charge in [-0.15, -0.1) is 0 Å². The number of benzene rings is 2. The monoisotopic (exact) mass is 388 g/mol. The average Bonchev–Trinajstić information content (AvgIpc) is 2.66. The van der Waals surface area contributed by atoms with Crippen LogP contribution in [0, 0.1) is 11.3 Å². The predicted octanol–water partition coefficient (Wildman–Crippen LogP) is 4.33. The molecular weight excluding hydrogens is 374 g/mol. The lowest BCUT2D eigenvalue weighted by atomic mass is 10.0. The molecule has 0 saturated heterocycles. The number of nitriles is 1. The minimum atomic E-state index is -2.53. The van der Waals surface area contributed by atoms with Crippen LogP contribution in [0.25, 0.3) is 6.08 Å². The minimum absolute atomic E-state index is 0.217. The molecule has 0 bridgehead atoms. The molecule has 0 radical (unpaired) electrons. The number of esters is 1. The minimum Gasteiger partial charge on any atom is -0.465 e. The van der Waals surface area contributed by atoms with Crippen molar-refractivity contribution >= 4 is 35.4 Å². The van der Waals surface area contributed by atoms with Gasteiger partial charge < -0.3 is 10.1 Å². The number of rotatable bonds is 6. The molecule has 27 heavy (non-hydrogen) atoms. The Morgan fingerprint density at radius 1 is 1.19 bits per heavy atom. The highest BCUT2D eigenvalue weighted by molar-refractivity contribution is 7.99. The van der Waals surface area contributed by atoms with Crippen LogP contribution in [0.15, 0.2) is 59.0 Å². The van der Waals surface area contributed by atoms with Crippen molar-refractivity contribution in [2.24, 2.45) is 0 Å². The Kier molecular flexibility index (Phi) is 7.08. The van der Waals surface area contributed by atoms with Gasteiger partial charge in [0, 0.05) is 10.6 Å². The molecule has 2 rings (SSSR count). The first-order valence-corrected chi connectivity index (χ1v) is 8.48. The highest BCUT2D eigenvalue weighted by Gasteiger charge is 2.14. The smallest absolute Gasteiger partial charge is 0.338 e. The maximum atomic E-state index is 12.3. The summed E-state index contributed by atoms with van der Waals surface area (Å²) in [6.07, 6.45) is 1.28. The molecule has 0 aliphatic carbocycles. The number of hydrogen-bond acceptors (Lipinski definition) is 5. The standard InChI is InChI=1S/C19H14F2N2O3S/c1-26-18(25)16-5-3-2-4-12(16)10-13(11-22)17(24)23-14-6-8-15(9-7-14)27-19(20)21/h2-10,19H,1H3,(H,23,24)/b13-10+. The largest absolute Gasteiger partial charge is 0.465 e. The first-order chi connectivity index (χ1) is 12.9. The van der Waals surface area contributed by atoms with Crippen molar-refractivity contribution in [1.29, 1.82) is 5.26 Å². The Balaban J connectivity index is 2.20. The summed E-state index contributed by atoms with van der Waals surface area (Å²) in [5, 5.41) is 11.8. The van der Waals surface area contributed by atoms with Crippen LogP contribution in [0.4, 0.5) is 14.5 Å². The van der Waals surface area contributed by atoms with Gasteiger partial charge in [0.15, 0.2) is 0 Å². The number of thioether (sulfide) groups is 1. The summed E-state index contributed by atoms with van der Waals surface area (Å²) in [4.78, 5) is 24.5. The second-order valence-electron chi connectivity index (χ2n) is 5.11. The third kappa shape index (κ3) is 5.66. The van der Waals surface area contributed by atoms with Crippen molar-refractivity contribution in [1.82, 2.24) is 0 Å². The fraction of sp³-hybridized carbons (Fsp3) is 0.105. The molecule has 0 fully saturated rings. The van der Waals surface area contributed by atoms with E-state index in [0.717, 1.165) is 0 Å². The Morgan fingerprint density at radius 2 is 1.85 bits per heavy atom. The van der Waals surface area contributed by atoms with Gasteiger partial charge >= 0.3 is 5.97 Å². The lowest BCUT2D eigenvalue weighted by Gasteiger charge is -2.07. The number of carbonyl (C=O) groups excluding carboxylic acids is 2. The van der Waals surface area contributed by atoms with Crippen molar-refractivity contribution < 1.29 is 23.1 Å². The van der Waals surface area contributed by atoms with Crippen molar-refractivity contribution in [3.05, 3.63) is 65.2 Å². The van der Waals surface area contributed by atoms with Crippen molar-refractivity contribution in [2.45, 2.75) is 10.7 Å². The molecule has 5 nitrogen and oxygen atoms in total. The molecule has 138 valence electrons. The molecule has 1 amide bonds. The van der Waals surface area contributed by atoms with Gasteiger partial charge in [0.2, 0.25) is 0 Å². The zero-order chi connectivity index (χ0) is 19.8. The van der Waals surface area contributed by atoms with Gasteiger partial charge in [0.1, 0.15) is 11.6 Å². The zero-order valence-corrected chi connectivity index (χ0v) is 14.9. The molecule has 2 aromatic carbocycles. The summed E-state index contributed by atoms with van der Waals surface area (Å²) in [6.45, 7) is 0. The number of nitrogens with one attached hydrogen (secondary N) is 1. The average molecular weight is 388 g/mol. The summed E-state index contributed by atoms with van der Waals surface area (Å²) < 4.78 is 29.3. The molecule has 0 atom stereocenters. The fourth-order valence-electron chi connectivity index (χ4n) is 2.14. The Labute approximate surface area is 158 Å². The quantitative estimate of drug-likeness (QED) is 0.345. The number of alkyl halides is 2. The summed E-state index contributed by atoms with van der Waals surface area (Å²) in [5.41, 5.74) is 0.701. The van der Waals surface area contributed by atoms with E-state index >= 15 is 0 Å². The molecule has 0 aliphatic heterocycles. The summed E-state index contributed by atoms with van der Waals surface area (Å²) in [5.74, 6) is -3.81. The molecule has 0 aliphatic rings. The van der Waals surface area contributed by atoms with Gasteiger partial charge in [0.05, 0.1) is 12.7 Å². The molecular formula is C19H14F2N2O3S. The van der Waals surface area contributed by atoms with Crippen molar-refractivity contribution in [3.8, 4) is 6.07 Å². The lowest BCUT2D eigenvalue weighted by molar-refractivity contribution is -0.112. The summed E-state index contributed by atoms with van der Waals surface area (Å²) in [6, 6.07) is 14.0. The van der Waals surface area contributed by atoms with Crippen LogP contribution in [-0.4, -0.2) is 24.7 Å². The van der Waals surface area contributed by atoms with E-state index in [0.29, 0.717) is 27.9 Å². The Hall–Kier alpha value is -3.18. The SMILES string of the molecule is COC(=O)c1ccccc1/C=C(\C#N)C(=O)Nc1ccc(SC(F)F)cc1. The van der Waals surface area contributed by atoms with Crippen molar-refractivity contribution in [2.75, 3.05) is 12.4 Å².